The van der Waals surface area contributed by atoms with Gasteiger partial charge in [0.05, 0.1) is 28.0 Å². The highest BCUT2D eigenvalue weighted by Gasteiger charge is 2.16. The summed E-state index contributed by atoms with van der Waals surface area (Å²) in [4.78, 5) is 35.5. The molecule has 0 atom stereocenters. The van der Waals surface area contributed by atoms with Crippen LogP contribution >= 0.6 is 15.9 Å². The molecule has 7 nitrogen and oxygen atoms in total. The summed E-state index contributed by atoms with van der Waals surface area (Å²) in [5, 5.41) is 12.2. The zero-order chi connectivity index (χ0) is 31.2. The van der Waals surface area contributed by atoms with Crippen molar-refractivity contribution in [1.29, 1.82) is 5.26 Å². The number of nitriles is 1. The number of ether oxygens (including phenoxy) is 1. The molecule has 0 radical (unpaired) electrons. The molecule has 0 aliphatic heterocycles. The Bertz CT molecular complexity index is 2090. The third kappa shape index (κ3) is 6.85. The number of nitrogens with one attached hydrogen (secondary N) is 1. The van der Waals surface area contributed by atoms with Crippen LogP contribution in [0.4, 0.5) is 5.69 Å². The molecular weight excluding hydrogens is 628 g/mol. The average molecular weight is 652 g/mol. The minimum absolute atomic E-state index is 0.0646. The fourth-order valence-electron chi connectivity index (χ4n) is 4.62. The second-order valence-corrected chi connectivity index (χ2v) is 10.9. The normalized spacial score (nSPS) is 11.1. The Balaban J connectivity index is 1.21. The molecule has 0 aliphatic carbocycles. The molecule has 0 saturated heterocycles. The Morgan fingerprint density at radius 3 is 1.93 bits per heavy atom. The van der Waals surface area contributed by atoms with Crippen LogP contribution in [0.25, 0.3) is 39.6 Å². The molecule has 1 aromatic heterocycles. The maximum absolute atomic E-state index is 13.1. The number of halogens is 1. The van der Waals surface area contributed by atoms with E-state index in [1.165, 1.54) is 6.08 Å². The van der Waals surface area contributed by atoms with Crippen molar-refractivity contribution in [2.45, 2.75) is 0 Å². The van der Waals surface area contributed by atoms with E-state index in [4.69, 9.17) is 14.7 Å². The van der Waals surface area contributed by atoms with Crippen molar-refractivity contribution in [2.24, 2.45) is 0 Å². The van der Waals surface area contributed by atoms with E-state index in [-0.39, 0.29) is 5.57 Å². The molecule has 6 rings (SSSR count). The molecule has 0 spiro atoms. The molecule has 0 aliphatic rings. The van der Waals surface area contributed by atoms with Crippen molar-refractivity contribution in [2.75, 3.05) is 5.32 Å². The first-order valence-electron chi connectivity index (χ1n) is 13.9. The lowest BCUT2D eigenvalue weighted by molar-refractivity contribution is -0.112. The van der Waals surface area contributed by atoms with Gasteiger partial charge in [0.25, 0.3) is 5.91 Å². The number of nitrogens with zero attached hydrogens (tertiary/aromatic N) is 3. The summed E-state index contributed by atoms with van der Waals surface area (Å²) in [5.74, 6) is -0.770. The zero-order valence-electron chi connectivity index (χ0n) is 23.6. The molecule has 1 N–H and O–H groups in total. The van der Waals surface area contributed by atoms with Gasteiger partial charge in [0.2, 0.25) is 0 Å². The molecule has 45 heavy (non-hydrogen) atoms. The Morgan fingerprint density at radius 2 is 1.33 bits per heavy atom. The van der Waals surface area contributed by atoms with E-state index in [9.17, 15) is 14.9 Å². The molecule has 0 unspecified atom stereocenters. The predicted octanol–water partition coefficient (Wildman–Crippen LogP) is 8.49. The number of esters is 1. The van der Waals surface area contributed by atoms with Gasteiger partial charge in [0.15, 0.2) is 0 Å². The smallest absolute Gasteiger partial charge is 0.343 e. The number of hydrogen-bond donors (Lipinski definition) is 1. The van der Waals surface area contributed by atoms with E-state index in [1.54, 1.807) is 66.7 Å². The van der Waals surface area contributed by atoms with Gasteiger partial charge in [-0.25, -0.2) is 14.8 Å². The van der Waals surface area contributed by atoms with Crippen LogP contribution in [0.15, 0.2) is 137 Å². The van der Waals surface area contributed by atoms with Crippen molar-refractivity contribution in [3.8, 4) is 34.3 Å². The standard InChI is InChI=1S/C37H23BrN4O3/c38-29-14-16-30(17-15-29)40-36(43)28(23-39)21-24-11-18-31(19-12-24)45-37(44)27-13-20-32-33(22-27)42-35(26-9-5-2-6-10-26)34(41-32)25-7-3-1-4-8-25/h1-22H,(H,40,43)/b28-21+. The number of amides is 1. The van der Waals surface area contributed by atoms with Gasteiger partial charge in [0, 0.05) is 21.3 Å². The van der Waals surface area contributed by atoms with Gasteiger partial charge in [-0.05, 0) is 66.2 Å². The van der Waals surface area contributed by atoms with E-state index in [2.05, 4.69) is 21.2 Å². The third-order valence-corrected chi connectivity index (χ3v) is 7.39. The number of fused-ring (bicyclic) bond motifs is 1. The van der Waals surface area contributed by atoms with Crippen LogP contribution in [-0.4, -0.2) is 21.8 Å². The molecule has 5 aromatic carbocycles. The SMILES string of the molecule is N#C/C(=C\c1ccc(OC(=O)c2ccc3nc(-c4ccccc4)c(-c4ccccc4)nc3c2)cc1)C(=O)Nc1ccc(Br)cc1. The minimum atomic E-state index is -0.554. The number of aromatic nitrogens is 2. The molecule has 6 aromatic rings. The topological polar surface area (TPSA) is 105 Å². The highest BCUT2D eigenvalue weighted by Crippen LogP contribution is 2.31. The highest BCUT2D eigenvalue weighted by atomic mass is 79.9. The third-order valence-electron chi connectivity index (χ3n) is 6.86. The van der Waals surface area contributed by atoms with Gasteiger partial charge in [-0.2, -0.15) is 5.26 Å². The van der Waals surface area contributed by atoms with Gasteiger partial charge >= 0.3 is 5.97 Å². The second kappa shape index (κ2) is 13.2. The lowest BCUT2D eigenvalue weighted by Crippen LogP contribution is -2.13. The molecule has 1 amide bonds. The first-order chi connectivity index (χ1) is 22.0. The van der Waals surface area contributed by atoms with E-state index in [0.717, 1.165) is 21.3 Å². The average Bonchev–Trinajstić information content (AvgIpc) is 3.08. The number of carbonyl (C=O) groups is 2. The van der Waals surface area contributed by atoms with Crippen LogP contribution in [0.5, 0.6) is 5.75 Å². The Morgan fingerprint density at radius 1 is 0.733 bits per heavy atom. The van der Waals surface area contributed by atoms with Crippen LogP contribution in [-0.2, 0) is 4.79 Å². The van der Waals surface area contributed by atoms with E-state index < -0.39 is 11.9 Å². The summed E-state index contributed by atoms with van der Waals surface area (Å²) in [6.07, 6.45) is 1.47. The maximum atomic E-state index is 13.1. The van der Waals surface area contributed by atoms with Crippen LogP contribution in [0.2, 0.25) is 0 Å². The molecule has 1 heterocycles. The largest absolute Gasteiger partial charge is 0.423 e. The lowest BCUT2D eigenvalue weighted by Gasteiger charge is -2.11. The summed E-state index contributed by atoms with van der Waals surface area (Å²) < 4.78 is 6.50. The predicted molar refractivity (Wildman–Crippen MR) is 178 cm³/mol. The number of hydrogen-bond acceptors (Lipinski definition) is 6. The monoisotopic (exact) mass is 650 g/mol. The fourth-order valence-corrected chi connectivity index (χ4v) is 4.89. The number of rotatable bonds is 7. The summed E-state index contributed by atoms with van der Waals surface area (Å²) >= 11 is 3.35. The van der Waals surface area contributed by atoms with E-state index >= 15 is 0 Å². The van der Waals surface area contributed by atoms with Crippen molar-refractivity contribution in [1.82, 2.24) is 9.97 Å². The minimum Gasteiger partial charge on any atom is -0.423 e. The van der Waals surface area contributed by atoms with Crippen molar-refractivity contribution >= 4 is 50.6 Å². The van der Waals surface area contributed by atoms with Crippen molar-refractivity contribution in [3.05, 3.63) is 149 Å². The molecule has 0 bridgehead atoms. The quantitative estimate of drug-likeness (QED) is 0.0804. The number of carbonyl (C=O) groups excluding carboxylic acids is 2. The van der Waals surface area contributed by atoms with Crippen LogP contribution in [0, 0.1) is 11.3 Å². The Kier molecular flexibility index (Phi) is 8.53. The highest BCUT2D eigenvalue weighted by molar-refractivity contribution is 9.10. The van der Waals surface area contributed by atoms with Crippen LogP contribution in [0.1, 0.15) is 15.9 Å². The summed E-state index contributed by atoms with van der Waals surface area (Å²) in [7, 11) is 0. The fraction of sp³-hybridized carbons (Fsp3) is 0. The van der Waals surface area contributed by atoms with Gasteiger partial charge in [-0.3, -0.25) is 4.79 Å². The van der Waals surface area contributed by atoms with Gasteiger partial charge in [-0.1, -0.05) is 88.7 Å². The zero-order valence-corrected chi connectivity index (χ0v) is 25.2. The number of anilines is 1. The van der Waals surface area contributed by atoms with Gasteiger partial charge in [-0.15, -0.1) is 0 Å². The van der Waals surface area contributed by atoms with E-state index in [1.807, 2.05) is 66.7 Å². The first-order valence-corrected chi connectivity index (χ1v) is 14.7. The lowest BCUT2D eigenvalue weighted by atomic mass is 10.0. The van der Waals surface area contributed by atoms with Crippen LogP contribution < -0.4 is 10.1 Å². The summed E-state index contributed by atoms with van der Waals surface area (Å²) in [5.41, 5.74) is 5.97. The summed E-state index contributed by atoms with van der Waals surface area (Å²) in [6.45, 7) is 0. The van der Waals surface area contributed by atoms with Gasteiger partial charge in [0.1, 0.15) is 17.4 Å². The Labute approximate surface area is 267 Å². The van der Waals surface area contributed by atoms with Crippen LogP contribution in [0.3, 0.4) is 0 Å². The molecule has 216 valence electrons. The Hall–Kier alpha value is -5.91. The number of benzene rings is 5. The molecule has 8 heteroatoms. The second-order valence-electron chi connectivity index (χ2n) is 9.95. The van der Waals surface area contributed by atoms with Crippen molar-refractivity contribution in [3.63, 3.8) is 0 Å². The van der Waals surface area contributed by atoms with Crippen molar-refractivity contribution < 1.29 is 14.3 Å². The van der Waals surface area contributed by atoms with E-state index in [0.29, 0.717) is 39.3 Å². The summed E-state index contributed by atoms with van der Waals surface area (Å²) in [6, 6.07) is 40.3. The first kappa shape index (κ1) is 29.2. The molecule has 0 fully saturated rings. The maximum Gasteiger partial charge on any atom is 0.343 e. The molecule has 0 saturated carbocycles. The van der Waals surface area contributed by atoms with Gasteiger partial charge < -0.3 is 10.1 Å². The molecular formula is C37H23BrN4O3.